The molecule has 4 nitrogen and oxygen atoms in total. The zero-order chi connectivity index (χ0) is 13.1. The van der Waals surface area contributed by atoms with Gasteiger partial charge in [0.25, 0.3) is 5.89 Å². The lowest BCUT2D eigenvalue weighted by Gasteiger charge is -2.02. The molecule has 0 amide bonds. The molecule has 0 saturated carbocycles. The molecule has 2 rings (SSSR count). The molecule has 6 heteroatoms. The smallest absolute Gasteiger partial charge is 0.261 e. The van der Waals surface area contributed by atoms with Crippen molar-refractivity contribution in [3.63, 3.8) is 0 Å². The minimum atomic E-state index is -0.728. The van der Waals surface area contributed by atoms with E-state index in [1.165, 1.54) is 0 Å². The van der Waals surface area contributed by atoms with Gasteiger partial charge in [-0.2, -0.15) is 4.98 Å². The first-order chi connectivity index (χ1) is 8.63. The minimum Gasteiger partial charge on any atom is -0.385 e. The molecular weight excluding hydrogens is 275 g/mol. The van der Waals surface area contributed by atoms with Crippen LogP contribution in [0.5, 0.6) is 0 Å². The first-order valence-electron chi connectivity index (χ1n) is 5.59. The van der Waals surface area contributed by atoms with E-state index < -0.39 is 6.10 Å². The fourth-order valence-electron chi connectivity index (χ4n) is 1.58. The van der Waals surface area contributed by atoms with Crippen LogP contribution in [0.2, 0.25) is 10.0 Å². The number of benzene rings is 1. The van der Waals surface area contributed by atoms with Gasteiger partial charge in [-0.15, -0.1) is 0 Å². The van der Waals surface area contributed by atoms with E-state index in [9.17, 15) is 5.11 Å². The molecule has 1 aromatic carbocycles. The summed E-state index contributed by atoms with van der Waals surface area (Å²) in [5, 5.41) is 14.4. The standard InChI is InChI=1S/C12H12Cl2N2O2/c1-2-4-9(17)11-15-12(18-16-11)10-7(13)5-3-6-8(10)14/h3,5-6,9,17H,2,4H2,1H3. The predicted octanol–water partition coefficient (Wildman–Crippen LogP) is 3.88. The van der Waals surface area contributed by atoms with Crippen molar-refractivity contribution in [1.82, 2.24) is 10.1 Å². The highest BCUT2D eigenvalue weighted by Gasteiger charge is 2.19. The van der Waals surface area contributed by atoms with Crippen LogP contribution in [0.25, 0.3) is 11.5 Å². The van der Waals surface area contributed by atoms with Crippen LogP contribution in [-0.2, 0) is 0 Å². The van der Waals surface area contributed by atoms with Gasteiger partial charge in [0.1, 0.15) is 6.10 Å². The summed E-state index contributed by atoms with van der Waals surface area (Å²) in [4.78, 5) is 4.12. The Bertz CT molecular complexity index is 522. The Morgan fingerprint density at radius 2 is 2.00 bits per heavy atom. The average Bonchev–Trinajstić information content (AvgIpc) is 2.78. The number of aliphatic hydroxyl groups is 1. The van der Waals surface area contributed by atoms with Gasteiger partial charge in [0.15, 0.2) is 0 Å². The summed E-state index contributed by atoms with van der Waals surface area (Å²) in [5.41, 5.74) is 0.489. The molecule has 18 heavy (non-hydrogen) atoms. The van der Waals surface area contributed by atoms with Gasteiger partial charge >= 0.3 is 0 Å². The third-order valence-electron chi connectivity index (χ3n) is 2.48. The maximum absolute atomic E-state index is 9.77. The molecule has 0 saturated heterocycles. The Morgan fingerprint density at radius 1 is 1.33 bits per heavy atom. The maximum atomic E-state index is 9.77. The molecule has 1 heterocycles. The van der Waals surface area contributed by atoms with Crippen LogP contribution in [0.4, 0.5) is 0 Å². The van der Waals surface area contributed by atoms with Crippen molar-refractivity contribution in [3.8, 4) is 11.5 Å². The minimum absolute atomic E-state index is 0.218. The lowest BCUT2D eigenvalue weighted by molar-refractivity contribution is 0.153. The number of hydrogen-bond donors (Lipinski definition) is 1. The molecule has 2 aromatic rings. The normalized spacial score (nSPS) is 12.7. The molecule has 0 spiro atoms. The van der Waals surface area contributed by atoms with Gasteiger partial charge in [0.05, 0.1) is 15.6 Å². The zero-order valence-electron chi connectivity index (χ0n) is 9.73. The Kier molecular flexibility index (Phi) is 4.22. The zero-order valence-corrected chi connectivity index (χ0v) is 11.2. The molecule has 0 radical (unpaired) electrons. The molecule has 1 atom stereocenters. The number of aliphatic hydroxyl groups excluding tert-OH is 1. The van der Waals surface area contributed by atoms with Crippen molar-refractivity contribution >= 4 is 23.2 Å². The Morgan fingerprint density at radius 3 is 2.61 bits per heavy atom. The van der Waals surface area contributed by atoms with Gasteiger partial charge in [0.2, 0.25) is 5.82 Å². The fraction of sp³-hybridized carbons (Fsp3) is 0.333. The van der Waals surface area contributed by atoms with E-state index in [4.69, 9.17) is 27.7 Å². The largest absolute Gasteiger partial charge is 0.385 e. The van der Waals surface area contributed by atoms with Crippen LogP contribution < -0.4 is 0 Å². The van der Waals surface area contributed by atoms with Crippen molar-refractivity contribution < 1.29 is 9.63 Å². The van der Waals surface area contributed by atoms with Gasteiger partial charge in [0, 0.05) is 0 Å². The first kappa shape index (κ1) is 13.3. The second-order valence-electron chi connectivity index (χ2n) is 3.86. The van der Waals surface area contributed by atoms with Crippen molar-refractivity contribution in [1.29, 1.82) is 0 Å². The average molecular weight is 287 g/mol. The number of hydrogen-bond acceptors (Lipinski definition) is 4. The van der Waals surface area contributed by atoms with Crippen LogP contribution in [0.3, 0.4) is 0 Å². The molecule has 0 aliphatic rings. The predicted molar refractivity (Wildman–Crippen MR) is 69.6 cm³/mol. The van der Waals surface area contributed by atoms with Gasteiger partial charge in [-0.25, -0.2) is 0 Å². The van der Waals surface area contributed by atoms with Crippen LogP contribution in [0, 0.1) is 0 Å². The van der Waals surface area contributed by atoms with E-state index in [0.717, 1.165) is 6.42 Å². The van der Waals surface area contributed by atoms with Crippen molar-refractivity contribution in [3.05, 3.63) is 34.1 Å². The summed E-state index contributed by atoms with van der Waals surface area (Å²) < 4.78 is 5.09. The lowest BCUT2D eigenvalue weighted by Crippen LogP contribution is -1.98. The van der Waals surface area contributed by atoms with Crippen LogP contribution in [-0.4, -0.2) is 15.2 Å². The van der Waals surface area contributed by atoms with E-state index in [1.54, 1.807) is 18.2 Å². The molecule has 96 valence electrons. The van der Waals surface area contributed by atoms with E-state index in [-0.39, 0.29) is 11.7 Å². The van der Waals surface area contributed by atoms with Gasteiger partial charge in [-0.3, -0.25) is 0 Å². The fourth-order valence-corrected chi connectivity index (χ4v) is 2.14. The van der Waals surface area contributed by atoms with Crippen LogP contribution >= 0.6 is 23.2 Å². The van der Waals surface area contributed by atoms with Crippen molar-refractivity contribution in [2.75, 3.05) is 0 Å². The number of halogens is 2. The van der Waals surface area contributed by atoms with Crippen LogP contribution in [0.15, 0.2) is 22.7 Å². The third kappa shape index (κ3) is 2.66. The molecule has 1 N–H and O–H groups in total. The SMILES string of the molecule is CCCC(O)c1noc(-c2c(Cl)cccc2Cl)n1. The molecule has 0 fully saturated rings. The highest BCUT2D eigenvalue weighted by molar-refractivity contribution is 6.38. The van der Waals surface area contributed by atoms with Crippen molar-refractivity contribution in [2.24, 2.45) is 0 Å². The summed E-state index contributed by atoms with van der Waals surface area (Å²) in [6, 6.07) is 5.11. The topological polar surface area (TPSA) is 59.2 Å². The number of aromatic nitrogens is 2. The molecule has 0 bridgehead atoms. The quantitative estimate of drug-likeness (QED) is 0.927. The maximum Gasteiger partial charge on any atom is 0.261 e. The summed E-state index contributed by atoms with van der Waals surface area (Å²) >= 11 is 12.1. The molecule has 1 aromatic heterocycles. The van der Waals surface area contributed by atoms with Crippen molar-refractivity contribution in [2.45, 2.75) is 25.9 Å². The first-order valence-corrected chi connectivity index (χ1v) is 6.35. The second kappa shape index (κ2) is 5.69. The Balaban J connectivity index is 2.35. The second-order valence-corrected chi connectivity index (χ2v) is 4.67. The van der Waals surface area contributed by atoms with E-state index in [1.807, 2.05) is 6.92 Å². The van der Waals surface area contributed by atoms with E-state index in [0.29, 0.717) is 22.0 Å². The molecule has 0 aliphatic carbocycles. The summed E-state index contributed by atoms with van der Waals surface area (Å²) in [5.74, 6) is 0.471. The number of rotatable bonds is 4. The highest BCUT2D eigenvalue weighted by atomic mass is 35.5. The molecule has 0 aliphatic heterocycles. The Labute approximate surface area is 115 Å². The third-order valence-corrected chi connectivity index (χ3v) is 3.11. The summed E-state index contributed by atoms with van der Waals surface area (Å²) in [7, 11) is 0. The summed E-state index contributed by atoms with van der Waals surface area (Å²) in [6.45, 7) is 1.97. The van der Waals surface area contributed by atoms with Crippen LogP contribution in [0.1, 0.15) is 31.7 Å². The monoisotopic (exact) mass is 286 g/mol. The van der Waals surface area contributed by atoms with E-state index >= 15 is 0 Å². The molecule has 1 unspecified atom stereocenters. The lowest BCUT2D eigenvalue weighted by atomic mass is 10.2. The number of nitrogens with zero attached hydrogens (tertiary/aromatic N) is 2. The summed E-state index contributed by atoms with van der Waals surface area (Å²) in [6.07, 6.45) is 0.682. The van der Waals surface area contributed by atoms with Gasteiger partial charge in [-0.05, 0) is 18.6 Å². The molecular formula is C12H12Cl2N2O2. The van der Waals surface area contributed by atoms with E-state index in [2.05, 4.69) is 10.1 Å². The Hall–Kier alpha value is -1.10. The van der Waals surface area contributed by atoms with Gasteiger partial charge < -0.3 is 9.63 Å². The highest BCUT2D eigenvalue weighted by Crippen LogP contribution is 2.33. The van der Waals surface area contributed by atoms with Gasteiger partial charge in [-0.1, -0.05) is 47.8 Å².